The van der Waals surface area contributed by atoms with Gasteiger partial charge in [-0.2, -0.15) is 0 Å². The molecule has 0 aliphatic heterocycles. The fourth-order valence-electron chi connectivity index (χ4n) is 2.45. The highest BCUT2D eigenvalue weighted by atomic mass is 79.9. The van der Waals surface area contributed by atoms with E-state index in [0.29, 0.717) is 26.9 Å². The molecule has 6 heteroatoms. The van der Waals surface area contributed by atoms with Crippen LogP contribution in [0.2, 0.25) is 0 Å². The minimum Gasteiger partial charge on any atom is -0.454 e. The molecule has 3 rings (SSSR count). The monoisotopic (exact) mass is 437 g/mol. The number of ether oxygens (including phenoxy) is 1. The van der Waals surface area contributed by atoms with E-state index >= 15 is 0 Å². The van der Waals surface area contributed by atoms with Crippen LogP contribution in [0, 0.1) is 0 Å². The highest BCUT2D eigenvalue weighted by Crippen LogP contribution is 2.17. The molecule has 3 aromatic rings. The molecule has 140 valence electrons. The first-order chi connectivity index (χ1) is 13.5. The van der Waals surface area contributed by atoms with Crippen molar-refractivity contribution < 1.29 is 19.1 Å². The molecular weight excluding hydrogens is 422 g/mol. The molecule has 0 unspecified atom stereocenters. The van der Waals surface area contributed by atoms with E-state index in [-0.39, 0.29) is 18.3 Å². The van der Waals surface area contributed by atoms with E-state index in [0.717, 1.165) is 0 Å². The zero-order valence-corrected chi connectivity index (χ0v) is 16.3. The number of nitrogens with one attached hydrogen (secondary N) is 1. The summed E-state index contributed by atoms with van der Waals surface area (Å²) in [6, 6.07) is 22.1. The first-order valence-corrected chi connectivity index (χ1v) is 9.25. The molecule has 0 radical (unpaired) electrons. The molecular formula is C22H16BrNO4. The molecule has 0 atom stereocenters. The lowest BCUT2D eigenvalue weighted by atomic mass is 10.1. The Balaban J connectivity index is 1.57. The van der Waals surface area contributed by atoms with Crippen LogP contribution in [-0.4, -0.2) is 24.3 Å². The molecule has 3 aromatic carbocycles. The molecule has 28 heavy (non-hydrogen) atoms. The molecule has 0 aromatic heterocycles. The number of halogens is 1. The van der Waals surface area contributed by atoms with E-state index in [1.54, 1.807) is 72.8 Å². The lowest BCUT2D eigenvalue weighted by molar-refractivity contribution is 0.0474. The Bertz CT molecular complexity index is 1000. The minimum atomic E-state index is -0.576. The fraction of sp³-hybridized carbons (Fsp3) is 0.0455. The van der Waals surface area contributed by atoms with Gasteiger partial charge in [0.1, 0.15) is 0 Å². The van der Waals surface area contributed by atoms with Crippen molar-refractivity contribution in [1.82, 2.24) is 0 Å². The van der Waals surface area contributed by atoms with Gasteiger partial charge in [-0.15, -0.1) is 0 Å². The summed E-state index contributed by atoms with van der Waals surface area (Å²) in [5.74, 6) is -1.14. The average Bonchev–Trinajstić information content (AvgIpc) is 2.73. The molecule has 0 aliphatic carbocycles. The number of amides is 1. The Morgan fingerprint density at radius 1 is 0.786 bits per heavy atom. The van der Waals surface area contributed by atoms with Crippen LogP contribution in [0.1, 0.15) is 31.1 Å². The van der Waals surface area contributed by atoms with Gasteiger partial charge in [-0.05, 0) is 64.5 Å². The number of Topliss-reactive ketones (excluding diaryl/α,β-unsaturated/α-hetero) is 1. The predicted octanol–water partition coefficient (Wildman–Crippen LogP) is 4.74. The standard InChI is InChI=1S/C22H16BrNO4/c23-19-9-5-4-8-18(19)22(27)28-14-20(25)15-10-12-17(13-11-15)24-21(26)16-6-2-1-3-7-16/h1-13H,14H2,(H,24,26). The van der Waals surface area contributed by atoms with Gasteiger partial charge >= 0.3 is 5.97 Å². The molecule has 1 N–H and O–H groups in total. The van der Waals surface area contributed by atoms with Gasteiger partial charge in [0.2, 0.25) is 0 Å². The SMILES string of the molecule is O=C(COC(=O)c1ccccc1Br)c1ccc(NC(=O)c2ccccc2)cc1. The smallest absolute Gasteiger partial charge is 0.339 e. The maximum absolute atomic E-state index is 12.2. The first-order valence-electron chi connectivity index (χ1n) is 8.46. The van der Waals surface area contributed by atoms with Crippen molar-refractivity contribution in [2.75, 3.05) is 11.9 Å². The minimum absolute atomic E-state index is 0.234. The maximum Gasteiger partial charge on any atom is 0.339 e. The van der Waals surface area contributed by atoms with Crippen molar-refractivity contribution in [2.45, 2.75) is 0 Å². The highest BCUT2D eigenvalue weighted by Gasteiger charge is 2.14. The quantitative estimate of drug-likeness (QED) is 0.446. The second-order valence-electron chi connectivity index (χ2n) is 5.88. The number of hydrogen-bond donors (Lipinski definition) is 1. The van der Waals surface area contributed by atoms with E-state index in [2.05, 4.69) is 21.2 Å². The zero-order valence-electron chi connectivity index (χ0n) is 14.7. The van der Waals surface area contributed by atoms with Crippen molar-refractivity contribution >= 4 is 39.3 Å². The Labute approximate surface area is 170 Å². The molecule has 0 bridgehead atoms. The molecule has 0 heterocycles. The molecule has 5 nitrogen and oxygen atoms in total. The van der Waals surface area contributed by atoms with Crippen LogP contribution in [0.4, 0.5) is 5.69 Å². The third kappa shape index (κ3) is 4.92. The molecule has 0 saturated carbocycles. The van der Waals surface area contributed by atoms with E-state index in [4.69, 9.17) is 4.74 Å². The summed E-state index contributed by atoms with van der Waals surface area (Å²) >= 11 is 3.27. The molecule has 1 amide bonds. The number of carbonyl (C=O) groups excluding carboxylic acids is 3. The second kappa shape index (κ2) is 9.10. The average molecular weight is 438 g/mol. The van der Waals surface area contributed by atoms with E-state index < -0.39 is 5.97 Å². The van der Waals surface area contributed by atoms with Crippen LogP contribution in [0.3, 0.4) is 0 Å². The molecule has 0 aliphatic rings. The Kier molecular flexibility index (Phi) is 6.34. The van der Waals surface area contributed by atoms with Crippen LogP contribution in [0.25, 0.3) is 0 Å². The predicted molar refractivity (Wildman–Crippen MR) is 110 cm³/mol. The molecule has 0 spiro atoms. The third-order valence-electron chi connectivity index (χ3n) is 3.93. The van der Waals surface area contributed by atoms with Crippen molar-refractivity contribution in [1.29, 1.82) is 0 Å². The van der Waals surface area contributed by atoms with Crippen LogP contribution in [0.15, 0.2) is 83.3 Å². The Morgan fingerprint density at radius 3 is 2.11 bits per heavy atom. The van der Waals surface area contributed by atoms with Crippen LogP contribution >= 0.6 is 15.9 Å². The van der Waals surface area contributed by atoms with E-state index in [1.807, 2.05) is 6.07 Å². The van der Waals surface area contributed by atoms with Crippen molar-refractivity contribution in [3.8, 4) is 0 Å². The summed E-state index contributed by atoms with van der Waals surface area (Å²) < 4.78 is 5.69. The summed E-state index contributed by atoms with van der Waals surface area (Å²) in [5, 5.41) is 2.76. The molecule has 0 fully saturated rings. The van der Waals surface area contributed by atoms with Crippen molar-refractivity contribution in [3.05, 3.63) is 100 Å². The topological polar surface area (TPSA) is 72.5 Å². The van der Waals surface area contributed by atoms with Crippen molar-refractivity contribution in [3.63, 3.8) is 0 Å². The number of anilines is 1. The second-order valence-corrected chi connectivity index (χ2v) is 6.73. The van der Waals surface area contributed by atoms with Crippen molar-refractivity contribution in [2.24, 2.45) is 0 Å². The van der Waals surface area contributed by atoms with Gasteiger partial charge in [0.25, 0.3) is 5.91 Å². The van der Waals surface area contributed by atoms with Gasteiger partial charge in [-0.3, -0.25) is 9.59 Å². The number of benzene rings is 3. The van der Waals surface area contributed by atoms with Crippen LogP contribution in [-0.2, 0) is 4.74 Å². The summed E-state index contributed by atoms with van der Waals surface area (Å²) in [7, 11) is 0. The number of esters is 1. The molecule has 0 saturated heterocycles. The zero-order chi connectivity index (χ0) is 19.9. The van der Waals surface area contributed by atoms with E-state index in [1.165, 1.54) is 0 Å². The summed E-state index contributed by atoms with van der Waals surface area (Å²) in [6.45, 7) is -0.365. The number of hydrogen-bond acceptors (Lipinski definition) is 4. The lowest BCUT2D eigenvalue weighted by Gasteiger charge is -2.08. The van der Waals surface area contributed by atoms with Crippen LogP contribution in [0.5, 0.6) is 0 Å². The maximum atomic E-state index is 12.2. The van der Waals surface area contributed by atoms with Gasteiger partial charge in [0.05, 0.1) is 5.56 Å². The Morgan fingerprint density at radius 2 is 1.43 bits per heavy atom. The number of ketones is 1. The van der Waals surface area contributed by atoms with E-state index in [9.17, 15) is 14.4 Å². The first kappa shape index (κ1) is 19.5. The largest absolute Gasteiger partial charge is 0.454 e. The highest BCUT2D eigenvalue weighted by molar-refractivity contribution is 9.10. The van der Waals surface area contributed by atoms with Gasteiger partial charge in [-0.25, -0.2) is 4.79 Å². The summed E-state index contributed by atoms with van der Waals surface area (Å²) in [5.41, 5.74) is 1.85. The third-order valence-corrected chi connectivity index (χ3v) is 4.62. The number of carbonyl (C=O) groups is 3. The van der Waals surface area contributed by atoms with Gasteiger partial charge < -0.3 is 10.1 Å². The summed E-state index contributed by atoms with van der Waals surface area (Å²) in [4.78, 5) is 36.4. The fourth-order valence-corrected chi connectivity index (χ4v) is 2.90. The van der Waals surface area contributed by atoms with Gasteiger partial charge in [0, 0.05) is 21.3 Å². The summed E-state index contributed by atoms with van der Waals surface area (Å²) in [6.07, 6.45) is 0. The lowest BCUT2D eigenvalue weighted by Crippen LogP contribution is -2.15. The van der Waals surface area contributed by atoms with Crippen LogP contribution < -0.4 is 5.32 Å². The normalized spacial score (nSPS) is 10.2. The van der Waals surface area contributed by atoms with Gasteiger partial charge in [0.15, 0.2) is 12.4 Å². The van der Waals surface area contributed by atoms with Gasteiger partial charge in [-0.1, -0.05) is 30.3 Å². The Hall–Kier alpha value is -3.25. The number of rotatable bonds is 6.